The monoisotopic (exact) mass is 384 g/mol. The third kappa shape index (κ3) is 6.34. The minimum absolute atomic E-state index is 0.0754. The molecule has 4 nitrogen and oxygen atoms in total. The van der Waals surface area contributed by atoms with Gasteiger partial charge < -0.3 is 10.1 Å². The maximum Gasteiger partial charge on any atom is 0.417 e. The first-order chi connectivity index (χ1) is 12.4. The number of pyridine rings is 1. The van der Waals surface area contributed by atoms with Crippen LogP contribution in [0.1, 0.15) is 23.6 Å². The molecular formula is C18H19F3N2O2S. The minimum Gasteiger partial charge on any atom is -0.377 e. The summed E-state index contributed by atoms with van der Waals surface area (Å²) < 4.78 is 42.9. The second-order valence-corrected chi connectivity index (χ2v) is 6.35. The number of thioether (sulfide) groups is 1. The van der Waals surface area contributed by atoms with E-state index in [1.807, 2.05) is 31.2 Å². The average Bonchev–Trinajstić information content (AvgIpc) is 2.63. The summed E-state index contributed by atoms with van der Waals surface area (Å²) in [4.78, 5) is 15.7. The molecule has 0 saturated carbocycles. The number of halogens is 3. The van der Waals surface area contributed by atoms with Crippen LogP contribution in [0.4, 0.5) is 13.2 Å². The molecule has 0 atom stereocenters. The third-order valence-electron chi connectivity index (χ3n) is 3.47. The number of nitrogens with one attached hydrogen (secondary N) is 1. The van der Waals surface area contributed by atoms with Crippen molar-refractivity contribution in [1.82, 2.24) is 10.3 Å². The second-order valence-electron chi connectivity index (χ2n) is 5.35. The van der Waals surface area contributed by atoms with Crippen molar-refractivity contribution in [2.45, 2.75) is 31.3 Å². The molecule has 1 aromatic heterocycles. The molecule has 2 aromatic rings. The SMILES string of the molecule is CCOCc1ccccc1CNC(=O)CSc1ccc(C(F)(F)F)cn1. The molecule has 0 unspecified atom stereocenters. The Balaban J connectivity index is 1.82. The molecule has 140 valence electrons. The van der Waals surface area contributed by atoms with Crippen LogP contribution in [-0.2, 0) is 28.9 Å². The molecule has 0 saturated heterocycles. The number of aromatic nitrogens is 1. The Morgan fingerprint density at radius 2 is 1.92 bits per heavy atom. The van der Waals surface area contributed by atoms with E-state index < -0.39 is 11.7 Å². The smallest absolute Gasteiger partial charge is 0.377 e. The first-order valence-corrected chi connectivity index (χ1v) is 8.96. The van der Waals surface area contributed by atoms with E-state index in [9.17, 15) is 18.0 Å². The fraction of sp³-hybridized carbons (Fsp3) is 0.333. The first-order valence-electron chi connectivity index (χ1n) is 7.97. The maximum absolute atomic E-state index is 12.5. The van der Waals surface area contributed by atoms with Gasteiger partial charge in [-0.25, -0.2) is 4.98 Å². The van der Waals surface area contributed by atoms with E-state index in [2.05, 4.69) is 10.3 Å². The van der Waals surface area contributed by atoms with Crippen LogP contribution in [0.15, 0.2) is 47.6 Å². The Morgan fingerprint density at radius 1 is 1.19 bits per heavy atom. The van der Waals surface area contributed by atoms with Gasteiger partial charge in [-0.05, 0) is 30.2 Å². The molecule has 0 fully saturated rings. The lowest BCUT2D eigenvalue weighted by molar-refractivity contribution is -0.137. The summed E-state index contributed by atoms with van der Waals surface area (Å²) in [6.07, 6.45) is -3.65. The Labute approximate surface area is 154 Å². The van der Waals surface area contributed by atoms with Gasteiger partial charge in [0.1, 0.15) is 0 Å². The number of hydrogen-bond donors (Lipinski definition) is 1. The molecule has 0 aliphatic rings. The number of amides is 1. The van der Waals surface area contributed by atoms with Crippen molar-refractivity contribution in [3.63, 3.8) is 0 Å². The van der Waals surface area contributed by atoms with E-state index in [1.54, 1.807) is 0 Å². The number of carbonyl (C=O) groups is 1. The quantitative estimate of drug-likeness (QED) is 0.698. The molecule has 2 rings (SSSR count). The van der Waals surface area contributed by atoms with Crippen LogP contribution in [0.3, 0.4) is 0 Å². The predicted molar refractivity (Wildman–Crippen MR) is 93.6 cm³/mol. The van der Waals surface area contributed by atoms with Crippen LogP contribution in [0, 0.1) is 0 Å². The van der Waals surface area contributed by atoms with E-state index in [1.165, 1.54) is 6.07 Å². The fourth-order valence-electron chi connectivity index (χ4n) is 2.10. The summed E-state index contributed by atoms with van der Waals surface area (Å²) in [5.41, 5.74) is 1.16. The fourth-order valence-corrected chi connectivity index (χ4v) is 2.77. The molecule has 0 bridgehead atoms. The molecule has 1 N–H and O–H groups in total. The van der Waals surface area contributed by atoms with Crippen LogP contribution < -0.4 is 5.32 Å². The van der Waals surface area contributed by atoms with E-state index >= 15 is 0 Å². The molecule has 0 radical (unpaired) electrons. The largest absolute Gasteiger partial charge is 0.417 e. The van der Waals surface area contributed by atoms with Crippen LogP contribution >= 0.6 is 11.8 Å². The minimum atomic E-state index is -4.41. The molecule has 26 heavy (non-hydrogen) atoms. The van der Waals surface area contributed by atoms with Gasteiger partial charge in [0.25, 0.3) is 0 Å². The highest BCUT2D eigenvalue weighted by molar-refractivity contribution is 7.99. The normalized spacial score (nSPS) is 11.4. The summed E-state index contributed by atoms with van der Waals surface area (Å²) in [5.74, 6) is -0.144. The molecule has 1 heterocycles. The van der Waals surface area contributed by atoms with Crippen molar-refractivity contribution in [2.75, 3.05) is 12.4 Å². The number of alkyl halides is 3. The zero-order chi connectivity index (χ0) is 19.0. The van der Waals surface area contributed by atoms with E-state index in [0.29, 0.717) is 24.8 Å². The summed E-state index contributed by atoms with van der Waals surface area (Å²) in [7, 11) is 0. The van der Waals surface area contributed by atoms with Gasteiger partial charge in [-0.3, -0.25) is 4.79 Å². The van der Waals surface area contributed by atoms with Crippen LogP contribution in [-0.4, -0.2) is 23.3 Å². The first kappa shape index (κ1) is 20.3. The number of nitrogens with zero attached hydrogens (tertiary/aromatic N) is 1. The van der Waals surface area contributed by atoms with Gasteiger partial charge in [-0.1, -0.05) is 36.0 Å². The Bertz CT molecular complexity index is 721. The molecule has 0 aliphatic carbocycles. The van der Waals surface area contributed by atoms with Crippen LogP contribution in [0.2, 0.25) is 0 Å². The predicted octanol–water partition coefficient (Wildman–Crippen LogP) is 4.05. The Morgan fingerprint density at radius 3 is 2.54 bits per heavy atom. The van der Waals surface area contributed by atoms with Gasteiger partial charge >= 0.3 is 6.18 Å². The molecule has 1 aromatic carbocycles. The summed E-state index contributed by atoms with van der Waals surface area (Å²) in [6.45, 7) is 3.37. The Kier molecular flexibility index (Phi) is 7.47. The van der Waals surface area contributed by atoms with Gasteiger partial charge in [0.2, 0.25) is 5.91 Å². The summed E-state index contributed by atoms with van der Waals surface area (Å²) >= 11 is 1.09. The van der Waals surface area contributed by atoms with E-state index in [4.69, 9.17) is 4.74 Å². The number of rotatable bonds is 8. The zero-order valence-electron chi connectivity index (χ0n) is 14.2. The van der Waals surface area contributed by atoms with Crippen molar-refractivity contribution in [2.24, 2.45) is 0 Å². The van der Waals surface area contributed by atoms with Crippen molar-refractivity contribution >= 4 is 17.7 Å². The van der Waals surface area contributed by atoms with Crippen molar-refractivity contribution in [3.05, 3.63) is 59.3 Å². The van der Waals surface area contributed by atoms with Crippen molar-refractivity contribution < 1.29 is 22.7 Å². The number of hydrogen-bond acceptors (Lipinski definition) is 4. The Hall–Kier alpha value is -2.06. The number of benzene rings is 1. The zero-order valence-corrected chi connectivity index (χ0v) is 15.0. The molecular weight excluding hydrogens is 365 g/mol. The highest BCUT2D eigenvalue weighted by atomic mass is 32.2. The highest BCUT2D eigenvalue weighted by Gasteiger charge is 2.30. The van der Waals surface area contributed by atoms with Crippen LogP contribution in [0.25, 0.3) is 0 Å². The average molecular weight is 384 g/mol. The molecule has 0 aliphatic heterocycles. The van der Waals surface area contributed by atoms with Crippen molar-refractivity contribution in [1.29, 1.82) is 0 Å². The van der Waals surface area contributed by atoms with Crippen molar-refractivity contribution in [3.8, 4) is 0 Å². The van der Waals surface area contributed by atoms with Gasteiger partial charge in [0, 0.05) is 19.3 Å². The lowest BCUT2D eigenvalue weighted by Crippen LogP contribution is -2.25. The van der Waals surface area contributed by atoms with Gasteiger partial charge in [-0.15, -0.1) is 0 Å². The molecule has 1 amide bonds. The highest BCUT2D eigenvalue weighted by Crippen LogP contribution is 2.29. The lowest BCUT2D eigenvalue weighted by Gasteiger charge is -2.11. The second kappa shape index (κ2) is 9.59. The summed E-state index contributed by atoms with van der Waals surface area (Å²) in [6, 6.07) is 9.87. The van der Waals surface area contributed by atoms with Gasteiger partial charge in [0.05, 0.1) is 22.9 Å². The lowest BCUT2D eigenvalue weighted by atomic mass is 10.1. The standard InChI is InChI=1S/C18H19F3N2O2S/c1-2-25-11-14-6-4-3-5-13(14)9-22-16(24)12-26-17-8-7-15(10-23-17)18(19,20)21/h3-8,10H,2,9,11-12H2,1H3,(H,22,24). The van der Waals surface area contributed by atoms with Crippen LogP contribution in [0.5, 0.6) is 0 Å². The van der Waals surface area contributed by atoms with Gasteiger partial charge in [0.15, 0.2) is 0 Å². The maximum atomic E-state index is 12.5. The third-order valence-corrected chi connectivity index (χ3v) is 4.41. The van der Waals surface area contributed by atoms with E-state index in [0.717, 1.165) is 35.2 Å². The van der Waals surface area contributed by atoms with Gasteiger partial charge in [-0.2, -0.15) is 13.2 Å². The molecule has 8 heteroatoms. The molecule has 0 spiro atoms. The number of ether oxygens (including phenoxy) is 1. The van der Waals surface area contributed by atoms with E-state index in [-0.39, 0.29) is 11.7 Å². The summed E-state index contributed by atoms with van der Waals surface area (Å²) in [5, 5.41) is 3.16. The number of carbonyl (C=O) groups excluding carboxylic acids is 1. The topological polar surface area (TPSA) is 51.2 Å².